The predicted octanol–water partition coefficient (Wildman–Crippen LogP) is 2.92. The molecule has 0 bridgehead atoms. The SMILES string of the molecule is N=C(N)c1ccc(OC(=O)c2ccc(CN3CCC[C@H]3C(=O)NC(CCC(=O)O)C(=O)O)s2)cc1.O=C(O)C(F)(F)F.O=C(O)C(F)(F)F. The van der Waals surface area contributed by atoms with Gasteiger partial charge in [0.1, 0.15) is 22.5 Å². The average Bonchev–Trinajstić information content (AvgIpc) is 3.65. The number of rotatable bonds is 11. The maximum atomic E-state index is 12.7. The van der Waals surface area contributed by atoms with Gasteiger partial charge >= 0.3 is 42.2 Å². The molecule has 2 heterocycles. The van der Waals surface area contributed by atoms with E-state index in [4.69, 9.17) is 40.8 Å². The van der Waals surface area contributed by atoms with Crippen LogP contribution in [0.1, 0.15) is 45.8 Å². The first-order chi connectivity index (χ1) is 22.5. The quantitative estimate of drug-likeness (QED) is 0.0578. The number of thiophene rings is 1. The number of hydrogen-bond donors (Lipinski definition) is 7. The summed E-state index contributed by atoms with van der Waals surface area (Å²) >= 11 is 1.24. The number of halogens is 6. The molecule has 1 aromatic carbocycles. The summed E-state index contributed by atoms with van der Waals surface area (Å²) in [5, 5.41) is 42.2. The van der Waals surface area contributed by atoms with Crippen LogP contribution in [0.3, 0.4) is 0 Å². The van der Waals surface area contributed by atoms with Gasteiger partial charge in [-0.3, -0.25) is 19.9 Å². The van der Waals surface area contributed by atoms with Crippen molar-refractivity contribution in [3.8, 4) is 5.75 Å². The monoisotopic (exact) mass is 730 g/mol. The van der Waals surface area contributed by atoms with Crippen molar-refractivity contribution in [3.05, 3.63) is 51.7 Å². The second-order valence-corrected chi connectivity index (χ2v) is 10.8. The fraction of sp³-hybridized carbons (Fsp3) is 0.370. The van der Waals surface area contributed by atoms with Crippen molar-refractivity contribution < 1.29 is 80.3 Å². The van der Waals surface area contributed by atoms with Crippen LogP contribution in [0.15, 0.2) is 36.4 Å². The number of ether oxygens (including phenoxy) is 1. The minimum Gasteiger partial charge on any atom is -0.481 e. The molecule has 1 fully saturated rings. The molecule has 0 spiro atoms. The molecule has 1 aromatic heterocycles. The number of nitrogens with zero attached hydrogens (tertiary/aromatic N) is 1. The fourth-order valence-electron chi connectivity index (χ4n) is 3.74. The number of carbonyl (C=O) groups excluding carboxylic acids is 2. The lowest BCUT2D eigenvalue weighted by Gasteiger charge is -2.24. The molecule has 0 aliphatic carbocycles. The molecule has 8 N–H and O–H groups in total. The Morgan fingerprint density at radius 3 is 1.92 bits per heavy atom. The molecular weight excluding hydrogens is 702 g/mol. The number of amidine groups is 1. The molecule has 2 atom stereocenters. The zero-order valence-electron chi connectivity index (χ0n) is 24.7. The minimum atomic E-state index is -5.08. The standard InChI is InChI=1S/C23H26N4O7S.2C2HF3O2/c24-20(25)13-3-5-14(6-4-13)34-23(33)18-9-7-15(35-18)12-27-11-1-2-17(27)21(30)26-16(22(31)32)8-10-19(28)29;2*3-2(4,5)1(6)7/h3-7,9,16-17H,1-2,8,10-12H2,(H3,24,25)(H,26,30)(H,28,29)(H,31,32);2*(H,6,7)/t16?,17-;;/m0../s1. The van der Waals surface area contributed by atoms with E-state index in [1.54, 1.807) is 36.4 Å². The molecule has 1 amide bonds. The molecular formula is C27H28F6N4O11S. The zero-order chi connectivity index (χ0) is 37.7. The summed E-state index contributed by atoms with van der Waals surface area (Å²) in [5.41, 5.74) is 5.93. The fourth-order valence-corrected chi connectivity index (χ4v) is 4.65. The summed E-state index contributed by atoms with van der Waals surface area (Å²) < 4.78 is 68.8. The summed E-state index contributed by atoms with van der Waals surface area (Å²) in [5.74, 6) is -8.67. The van der Waals surface area contributed by atoms with Gasteiger partial charge < -0.3 is 36.2 Å². The van der Waals surface area contributed by atoms with Gasteiger partial charge in [-0.1, -0.05) is 0 Å². The average molecular weight is 731 g/mol. The van der Waals surface area contributed by atoms with E-state index in [2.05, 4.69) is 5.32 Å². The van der Waals surface area contributed by atoms with Crippen LogP contribution >= 0.6 is 11.3 Å². The van der Waals surface area contributed by atoms with E-state index in [0.29, 0.717) is 35.7 Å². The lowest BCUT2D eigenvalue weighted by molar-refractivity contribution is -0.193. The van der Waals surface area contributed by atoms with E-state index < -0.39 is 60.2 Å². The number of carboxylic acid groups (broad SMARTS) is 4. The number of nitrogen functional groups attached to an aromatic ring is 1. The third-order valence-electron chi connectivity index (χ3n) is 6.01. The normalized spacial score (nSPS) is 14.9. The Morgan fingerprint density at radius 2 is 1.47 bits per heavy atom. The van der Waals surface area contributed by atoms with Crippen molar-refractivity contribution in [2.75, 3.05) is 6.54 Å². The molecule has 1 aliphatic rings. The number of likely N-dealkylation sites (tertiary alicyclic amines) is 1. The first-order valence-corrected chi connectivity index (χ1v) is 14.2. The van der Waals surface area contributed by atoms with Crippen molar-refractivity contribution in [1.82, 2.24) is 10.2 Å². The van der Waals surface area contributed by atoms with Gasteiger partial charge in [0.05, 0.1) is 6.04 Å². The molecule has 1 unspecified atom stereocenters. The highest BCUT2D eigenvalue weighted by Gasteiger charge is 2.39. The van der Waals surface area contributed by atoms with E-state index >= 15 is 0 Å². The number of esters is 1. The zero-order valence-corrected chi connectivity index (χ0v) is 25.5. The maximum absolute atomic E-state index is 12.7. The lowest BCUT2D eigenvalue weighted by Crippen LogP contribution is -2.49. The molecule has 0 saturated carbocycles. The topological polar surface area (TPSA) is 258 Å². The summed E-state index contributed by atoms with van der Waals surface area (Å²) in [7, 11) is 0. The molecule has 3 rings (SSSR count). The van der Waals surface area contributed by atoms with Crippen LogP contribution in [-0.4, -0.2) is 97.9 Å². The van der Waals surface area contributed by atoms with Crippen molar-refractivity contribution >= 4 is 52.9 Å². The Morgan fingerprint density at radius 1 is 0.939 bits per heavy atom. The molecule has 270 valence electrons. The highest BCUT2D eigenvalue weighted by Crippen LogP contribution is 2.26. The van der Waals surface area contributed by atoms with Gasteiger partial charge in [-0.2, -0.15) is 26.3 Å². The van der Waals surface area contributed by atoms with E-state index in [-0.39, 0.29) is 18.7 Å². The van der Waals surface area contributed by atoms with E-state index in [1.807, 2.05) is 4.90 Å². The van der Waals surface area contributed by atoms with Crippen LogP contribution in [0.4, 0.5) is 26.3 Å². The number of aliphatic carboxylic acids is 4. The van der Waals surface area contributed by atoms with Gasteiger partial charge in [-0.05, 0) is 62.2 Å². The largest absolute Gasteiger partial charge is 0.490 e. The molecule has 0 radical (unpaired) electrons. The summed E-state index contributed by atoms with van der Waals surface area (Å²) in [6.07, 6.45) is -9.42. The van der Waals surface area contributed by atoms with Gasteiger partial charge in [0.2, 0.25) is 5.91 Å². The van der Waals surface area contributed by atoms with Crippen molar-refractivity contribution in [2.24, 2.45) is 5.73 Å². The summed E-state index contributed by atoms with van der Waals surface area (Å²) in [6.45, 7) is 1.03. The van der Waals surface area contributed by atoms with Crippen LogP contribution in [0.2, 0.25) is 0 Å². The van der Waals surface area contributed by atoms with E-state index in [9.17, 15) is 50.6 Å². The molecule has 1 saturated heterocycles. The summed E-state index contributed by atoms with van der Waals surface area (Å²) in [6, 6.07) is 7.88. The molecule has 49 heavy (non-hydrogen) atoms. The Bertz CT molecular complexity index is 1490. The third kappa shape index (κ3) is 15.0. The Hall–Kier alpha value is -5.25. The van der Waals surface area contributed by atoms with Gasteiger partial charge in [0.25, 0.3) is 0 Å². The number of benzene rings is 1. The van der Waals surface area contributed by atoms with Crippen LogP contribution in [-0.2, 0) is 30.5 Å². The lowest BCUT2D eigenvalue weighted by atomic mass is 10.1. The number of amides is 1. The van der Waals surface area contributed by atoms with Gasteiger partial charge in [-0.25, -0.2) is 19.2 Å². The second-order valence-electron chi connectivity index (χ2n) is 9.66. The smallest absolute Gasteiger partial charge is 0.481 e. The van der Waals surface area contributed by atoms with Crippen LogP contribution in [0.25, 0.3) is 0 Å². The van der Waals surface area contributed by atoms with Gasteiger partial charge in [0.15, 0.2) is 0 Å². The van der Waals surface area contributed by atoms with Crippen molar-refractivity contribution in [1.29, 1.82) is 5.41 Å². The first-order valence-electron chi connectivity index (χ1n) is 13.4. The summed E-state index contributed by atoms with van der Waals surface area (Å²) in [4.78, 5) is 68.3. The number of nitrogens with one attached hydrogen (secondary N) is 2. The maximum Gasteiger partial charge on any atom is 0.490 e. The van der Waals surface area contributed by atoms with Crippen molar-refractivity contribution in [3.63, 3.8) is 0 Å². The third-order valence-corrected chi connectivity index (χ3v) is 7.06. The van der Waals surface area contributed by atoms with Crippen molar-refractivity contribution in [2.45, 2.75) is 56.7 Å². The molecule has 22 heteroatoms. The number of carboxylic acids is 4. The Labute approximate surface area is 275 Å². The first kappa shape index (κ1) is 41.8. The van der Waals surface area contributed by atoms with E-state index in [0.717, 1.165) is 11.3 Å². The number of nitrogens with two attached hydrogens (primary N) is 1. The highest BCUT2D eigenvalue weighted by molar-refractivity contribution is 7.13. The Kier molecular flexibility index (Phi) is 15.6. The van der Waals surface area contributed by atoms with E-state index in [1.165, 1.54) is 11.3 Å². The minimum absolute atomic E-state index is 0.0848. The van der Waals surface area contributed by atoms with Crippen LogP contribution in [0, 0.1) is 5.41 Å². The van der Waals surface area contributed by atoms with Crippen LogP contribution < -0.4 is 15.8 Å². The number of alkyl halides is 6. The van der Waals surface area contributed by atoms with Gasteiger partial charge in [0, 0.05) is 23.4 Å². The number of carbonyl (C=O) groups is 6. The van der Waals surface area contributed by atoms with Crippen LogP contribution in [0.5, 0.6) is 5.75 Å². The number of hydrogen-bond acceptors (Lipinski definition) is 10. The van der Waals surface area contributed by atoms with Gasteiger partial charge in [-0.15, -0.1) is 11.3 Å². The predicted molar refractivity (Wildman–Crippen MR) is 154 cm³/mol. The Balaban J connectivity index is 0.000000717. The molecule has 1 aliphatic heterocycles. The molecule has 2 aromatic rings. The molecule has 15 nitrogen and oxygen atoms in total. The highest BCUT2D eigenvalue weighted by atomic mass is 32.1. The second kappa shape index (κ2) is 18.3.